The largest absolute Gasteiger partial charge is 0.497 e. The van der Waals surface area contributed by atoms with Gasteiger partial charge in [-0.15, -0.1) is 0 Å². The van der Waals surface area contributed by atoms with E-state index in [1.807, 2.05) is 18.2 Å². The van der Waals surface area contributed by atoms with Crippen molar-refractivity contribution < 1.29 is 14.2 Å². The minimum Gasteiger partial charge on any atom is -0.497 e. The molecule has 1 aliphatic rings. The zero-order chi connectivity index (χ0) is 21.7. The number of halogens is 1. The van der Waals surface area contributed by atoms with Gasteiger partial charge in [0.25, 0.3) is 5.56 Å². The molecule has 0 saturated carbocycles. The third kappa shape index (κ3) is 2.93. The van der Waals surface area contributed by atoms with Gasteiger partial charge in [-0.3, -0.25) is 9.78 Å². The van der Waals surface area contributed by atoms with Gasteiger partial charge in [-0.2, -0.15) is 0 Å². The summed E-state index contributed by atoms with van der Waals surface area (Å²) >= 11 is 0. The third-order valence-corrected chi connectivity index (χ3v) is 5.66. The predicted octanol–water partition coefficient (Wildman–Crippen LogP) is 2.10. The molecule has 0 spiro atoms. The van der Waals surface area contributed by atoms with E-state index in [4.69, 9.17) is 4.74 Å². The van der Waals surface area contributed by atoms with Crippen molar-refractivity contribution in [1.82, 2.24) is 19.9 Å². The molecule has 31 heavy (non-hydrogen) atoms. The SMILES string of the molecule is COc1ccc2[nH]c3c(c2c1)CCN[C@H]3c1c(O)n(-c2ccccc2F)c(=O)[nH]c1=O. The number of methoxy groups -OCH3 is 1. The van der Waals surface area contributed by atoms with Crippen molar-refractivity contribution in [3.63, 3.8) is 0 Å². The number of nitrogens with one attached hydrogen (secondary N) is 3. The Morgan fingerprint density at radius 2 is 1.97 bits per heavy atom. The second kappa shape index (κ2) is 7.13. The number of para-hydroxylation sites is 1. The van der Waals surface area contributed by atoms with Gasteiger partial charge in [0.1, 0.15) is 17.1 Å². The van der Waals surface area contributed by atoms with E-state index in [1.54, 1.807) is 7.11 Å². The standard InChI is InChI=1S/C22H19FN4O4/c1-31-11-6-7-15-13(10-11)12-8-9-24-19(18(12)25-15)17-20(28)26-22(30)27(21(17)29)16-5-3-2-4-14(16)23/h2-7,10,19,24-25,29H,8-9H2,1H3,(H,26,28,30)/t19-/m0/s1. The van der Waals surface area contributed by atoms with Crippen LogP contribution in [0.15, 0.2) is 52.1 Å². The maximum atomic E-state index is 14.4. The van der Waals surface area contributed by atoms with Crippen molar-refractivity contribution in [2.75, 3.05) is 13.7 Å². The van der Waals surface area contributed by atoms with Gasteiger partial charge >= 0.3 is 5.69 Å². The van der Waals surface area contributed by atoms with E-state index in [0.29, 0.717) is 24.4 Å². The van der Waals surface area contributed by atoms with Gasteiger partial charge in [-0.1, -0.05) is 12.1 Å². The normalized spacial score (nSPS) is 15.7. The highest BCUT2D eigenvalue weighted by molar-refractivity contribution is 5.86. The first kappa shape index (κ1) is 19.1. The lowest BCUT2D eigenvalue weighted by Crippen LogP contribution is -2.38. The summed E-state index contributed by atoms with van der Waals surface area (Å²) in [5.41, 5.74) is 0.666. The Hall–Kier alpha value is -3.85. The maximum Gasteiger partial charge on any atom is 0.335 e. The van der Waals surface area contributed by atoms with Crippen LogP contribution in [0.1, 0.15) is 22.9 Å². The van der Waals surface area contributed by atoms with E-state index in [1.165, 1.54) is 24.3 Å². The van der Waals surface area contributed by atoms with Crippen LogP contribution in [0.5, 0.6) is 11.6 Å². The van der Waals surface area contributed by atoms with Gasteiger partial charge in [-0.25, -0.2) is 13.8 Å². The predicted molar refractivity (Wildman–Crippen MR) is 113 cm³/mol. The van der Waals surface area contributed by atoms with Crippen LogP contribution in [0.3, 0.4) is 0 Å². The summed E-state index contributed by atoms with van der Waals surface area (Å²) in [7, 11) is 1.59. The van der Waals surface area contributed by atoms with Crippen molar-refractivity contribution in [1.29, 1.82) is 0 Å². The molecular weight excluding hydrogens is 403 g/mol. The summed E-state index contributed by atoms with van der Waals surface area (Å²) in [5.74, 6) is -0.605. The van der Waals surface area contributed by atoms with Gasteiger partial charge in [0, 0.05) is 23.1 Å². The summed E-state index contributed by atoms with van der Waals surface area (Å²) in [6, 6.07) is 10.4. The monoisotopic (exact) mass is 422 g/mol. The number of H-pyrrole nitrogens is 2. The average molecular weight is 422 g/mol. The van der Waals surface area contributed by atoms with Crippen molar-refractivity contribution in [2.24, 2.45) is 0 Å². The Labute approximate surface area is 174 Å². The Kier molecular flexibility index (Phi) is 4.40. The number of aromatic nitrogens is 3. The molecule has 4 N–H and O–H groups in total. The maximum absolute atomic E-state index is 14.4. The molecule has 4 aromatic rings. The lowest BCUT2D eigenvalue weighted by atomic mass is 9.95. The van der Waals surface area contributed by atoms with Crippen LogP contribution in [-0.2, 0) is 6.42 Å². The fraction of sp³-hybridized carbons (Fsp3) is 0.182. The van der Waals surface area contributed by atoms with Crippen LogP contribution in [0, 0.1) is 5.82 Å². The number of benzene rings is 2. The lowest BCUT2D eigenvalue weighted by Gasteiger charge is -2.25. The van der Waals surface area contributed by atoms with Crippen LogP contribution < -0.4 is 21.3 Å². The third-order valence-electron chi connectivity index (χ3n) is 5.66. The number of nitrogens with zero attached hydrogens (tertiary/aromatic N) is 1. The fourth-order valence-electron chi connectivity index (χ4n) is 4.24. The minimum atomic E-state index is -0.922. The molecular formula is C22H19FN4O4. The van der Waals surface area contributed by atoms with Crippen molar-refractivity contribution >= 4 is 10.9 Å². The lowest BCUT2D eigenvalue weighted by molar-refractivity contribution is 0.407. The van der Waals surface area contributed by atoms with E-state index in [0.717, 1.165) is 21.0 Å². The van der Waals surface area contributed by atoms with Crippen LogP contribution in [0.2, 0.25) is 0 Å². The molecule has 0 bridgehead atoms. The van der Waals surface area contributed by atoms with Crippen LogP contribution >= 0.6 is 0 Å². The molecule has 0 amide bonds. The number of aromatic hydroxyl groups is 1. The number of hydrogen-bond donors (Lipinski definition) is 4. The summed E-state index contributed by atoms with van der Waals surface area (Å²) in [4.78, 5) is 30.7. The molecule has 9 heteroatoms. The average Bonchev–Trinajstić information content (AvgIpc) is 3.13. The molecule has 0 radical (unpaired) electrons. The molecule has 2 aromatic heterocycles. The van der Waals surface area contributed by atoms with Crippen molar-refractivity contribution in [3.05, 3.63) is 85.9 Å². The molecule has 0 aliphatic carbocycles. The zero-order valence-electron chi connectivity index (χ0n) is 16.5. The second-order valence-corrected chi connectivity index (χ2v) is 7.35. The zero-order valence-corrected chi connectivity index (χ0v) is 16.5. The molecule has 158 valence electrons. The number of fused-ring (bicyclic) bond motifs is 3. The van der Waals surface area contributed by atoms with E-state index in [-0.39, 0.29) is 11.3 Å². The van der Waals surface area contributed by atoms with Crippen molar-refractivity contribution in [3.8, 4) is 17.3 Å². The summed E-state index contributed by atoms with van der Waals surface area (Å²) in [6.45, 7) is 0.541. The highest BCUT2D eigenvalue weighted by Crippen LogP contribution is 2.36. The fourth-order valence-corrected chi connectivity index (χ4v) is 4.24. The number of hydrogen-bond acceptors (Lipinski definition) is 5. The molecule has 1 atom stereocenters. The van der Waals surface area contributed by atoms with Crippen LogP contribution in [-0.4, -0.2) is 33.3 Å². The van der Waals surface area contributed by atoms with Gasteiger partial charge in [-0.05, 0) is 42.3 Å². The Morgan fingerprint density at radius 3 is 2.74 bits per heavy atom. The van der Waals surface area contributed by atoms with E-state index >= 15 is 0 Å². The molecule has 0 fully saturated rings. The molecule has 5 rings (SSSR count). The summed E-state index contributed by atoms with van der Waals surface area (Å²) < 4.78 is 20.5. The highest BCUT2D eigenvalue weighted by atomic mass is 19.1. The first-order valence-electron chi connectivity index (χ1n) is 9.74. The van der Waals surface area contributed by atoms with Gasteiger partial charge in [0.05, 0.1) is 18.8 Å². The van der Waals surface area contributed by atoms with E-state index in [9.17, 15) is 19.1 Å². The van der Waals surface area contributed by atoms with Gasteiger partial charge in [0.15, 0.2) is 0 Å². The molecule has 2 aromatic carbocycles. The Bertz CT molecular complexity index is 1440. The number of rotatable bonds is 3. The smallest absolute Gasteiger partial charge is 0.335 e. The van der Waals surface area contributed by atoms with E-state index in [2.05, 4.69) is 15.3 Å². The molecule has 1 aliphatic heterocycles. The quantitative estimate of drug-likeness (QED) is 0.404. The molecule has 8 nitrogen and oxygen atoms in total. The highest BCUT2D eigenvalue weighted by Gasteiger charge is 2.31. The first-order valence-corrected chi connectivity index (χ1v) is 9.74. The van der Waals surface area contributed by atoms with Crippen molar-refractivity contribution in [2.45, 2.75) is 12.5 Å². The van der Waals surface area contributed by atoms with Crippen LogP contribution in [0.4, 0.5) is 4.39 Å². The number of ether oxygens (including phenoxy) is 1. The summed E-state index contributed by atoms with van der Waals surface area (Å²) in [5, 5.41) is 15.1. The van der Waals surface area contributed by atoms with Gasteiger partial charge in [0.2, 0.25) is 5.88 Å². The molecule has 0 unspecified atom stereocenters. The second-order valence-electron chi connectivity index (χ2n) is 7.35. The number of aromatic amines is 2. The Morgan fingerprint density at radius 1 is 1.16 bits per heavy atom. The topological polar surface area (TPSA) is 112 Å². The van der Waals surface area contributed by atoms with E-state index < -0.39 is 29.0 Å². The van der Waals surface area contributed by atoms with Gasteiger partial charge < -0.3 is 20.1 Å². The minimum absolute atomic E-state index is 0.0673. The van der Waals surface area contributed by atoms with Crippen LogP contribution in [0.25, 0.3) is 16.6 Å². The molecule has 3 heterocycles. The first-order chi connectivity index (χ1) is 15.0. The summed E-state index contributed by atoms with van der Waals surface area (Å²) in [6.07, 6.45) is 0.699. The Balaban J connectivity index is 1.74. The molecule has 0 saturated heterocycles.